The van der Waals surface area contributed by atoms with E-state index in [0.29, 0.717) is 0 Å². The Morgan fingerprint density at radius 2 is 2.38 bits per heavy atom. The average molecular weight is 185 g/mol. The molecule has 2 atom stereocenters. The van der Waals surface area contributed by atoms with E-state index in [0.717, 1.165) is 19.0 Å². The molecule has 0 aliphatic carbocycles. The summed E-state index contributed by atoms with van der Waals surface area (Å²) < 4.78 is 0. The van der Waals surface area contributed by atoms with Gasteiger partial charge in [-0.2, -0.15) is 0 Å². The smallest absolute Gasteiger partial charge is 0.304 e. The van der Waals surface area contributed by atoms with Crippen LogP contribution in [0.5, 0.6) is 0 Å². The maximum absolute atomic E-state index is 10.5. The Bertz CT molecular complexity index is 182. The van der Waals surface area contributed by atoms with Crippen LogP contribution >= 0.6 is 0 Å². The Kier molecular flexibility index (Phi) is 3.72. The van der Waals surface area contributed by atoms with Gasteiger partial charge in [0.2, 0.25) is 0 Å². The van der Waals surface area contributed by atoms with Crippen LogP contribution in [-0.4, -0.2) is 35.1 Å². The fourth-order valence-electron chi connectivity index (χ4n) is 2.01. The minimum atomic E-state index is -0.689. The van der Waals surface area contributed by atoms with Gasteiger partial charge in [0.05, 0.1) is 6.42 Å². The molecule has 0 saturated carbocycles. The van der Waals surface area contributed by atoms with Gasteiger partial charge < -0.3 is 5.11 Å². The standard InChI is InChI=1S/C10H19NO2/c1-8-4-3-5-11(7-8)9(2)6-10(12)13/h8-9H,3-7H2,1-2H3,(H,12,13)/t8-,9+/m0/s1. The van der Waals surface area contributed by atoms with Crippen LogP contribution in [0.3, 0.4) is 0 Å². The van der Waals surface area contributed by atoms with Crippen molar-refractivity contribution in [1.82, 2.24) is 4.90 Å². The van der Waals surface area contributed by atoms with Gasteiger partial charge in [-0.3, -0.25) is 9.69 Å². The summed E-state index contributed by atoms with van der Waals surface area (Å²) in [4.78, 5) is 12.8. The third kappa shape index (κ3) is 3.35. The van der Waals surface area contributed by atoms with Crippen LogP contribution < -0.4 is 0 Å². The largest absolute Gasteiger partial charge is 0.481 e. The maximum Gasteiger partial charge on any atom is 0.304 e. The third-order valence-corrected chi connectivity index (χ3v) is 2.78. The Hall–Kier alpha value is -0.570. The van der Waals surface area contributed by atoms with E-state index in [4.69, 9.17) is 5.11 Å². The van der Waals surface area contributed by atoms with Gasteiger partial charge in [-0.25, -0.2) is 0 Å². The lowest BCUT2D eigenvalue weighted by molar-refractivity contribution is -0.138. The van der Waals surface area contributed by atoms with Crippen molar-refractivity contribution >= 4 is 5.97 Å². The molecule has 3 nitrogen and oxygen atoms in total. The molecular formula is C10H19NO2. The molecule has 0 aromatic heterocycles. The summed E-state index contributed by atoms with van der Waals surface area (Å²) in [6, 6.07) is 0.195. The first-order chi connectivity index (χ1) is 6.09. The highest BCUT2D eigenvalue weighted by atomic mass is 16.4. The van der Waals surface area contributed by atoms with Gasteiger partial charge in [-0.05, 0) is 32.2 Å². The van der Waals surface area contributed by atoms with E-state index in [2.05, 4.69) is 11.8 Å². The molecule has 1 rings (SSSR count). The van der Waals surface area contributed by atoms with Crippen molar-refractivity contribution in [1.29, 1.82) is 0 Å². The second-order valence-corrected chi connectivity index (χ2v) is 4.19. The van der Waals surface area contributed by atoms with Crippen molar-refractivity contribution < 1.29 is 9.90 Å². The normalized spacial score (nSPS) is 27.1. The summed E-state index contributed by atoms with van der Waals surface area (Å²) in [5.41, 5.74) is 0. The van der Waals surface area contributed by atoms with Crippen molar-refractivity contribution in [3.63, 3.8) is 0 Å². The van der Waals surface area contributed by atoms with E-state index < -0.39 is 5.97 Å². The van der Waals surface area contributed by atoms with Crippen LogP contribution in [0.2, 0.25) is 0 Å². The molecular weight excluding hydrogens is 166 g/mol. The highest BCUT2D eigenvalue weighted by molar-refractivity contribution is 5.67. The number of hydrogen-bond donors (Lipinski definition) is 1. The van der Waals surface area contributed by atoms with Gasteiger partial charge in [0.15, 0.2) is 0 Å². The molecule has 0 unspecified atom stereocenters. The van der Waals surface area contributed by atoms with Crippen LogP contribution in [0.25, 0.3) is 0 Å². The number of rotatable bonds is 3. The number of nitrogens with zero attached hydrogens (tertiary/aromatic N) is 1. The van der Waals surface area contributed by atoms with Gasteiger partial charge in [-0.1, -0.05) is 6.92 Å². The number of aliphatic carboxylic acids is 1. The summed E-state index contributed by atoms with van der Waals surface area (Å²) in [5.74, 6) is 0.0377. The quantitative estimate of drug-likeness (QED) is 0.725. The molecule has 0 radical (unpaired) electrons. The Morgan fingerprint density at radius 3 is 2.92 bits per heavy atom. The number of carbonyl (C=O) groups is 1. The molecule has 13 heavy (non-hydrogen) atoms. The molecule has 1 N–H and O–H groups in total. The third-order valence-electron chi connectivity index (χ3n) is 2.78. The lowest BCUT2D eigenvalue weighted by Crippen LogP contribution is -2.41. The predicted octanol–water partition coefficient (Wildman–Crippen LogP) is 1.58. The Labute approximate surface area is 79.7 Å². The molecule has 1 heterocycles. The summed E-state index contributed by atoms with van der Waals surface area (Å²) in [6.07, 6.45) is 2.77. The van der Waals surface area contributed by atoms with E-state index in [1.54, 1.807) is 0 Å². The van der Waals surface area contributed by atoms with Gasteiger partial charge in [0, 0.05) is 12.6 Å². The summed E-state index contributed by atoms with van der Waals surface area (Å²) in [5, 5.41) is 8.65. The first-order valence-corrected chi connectivity index (χ1v) is 5.05. The zero-order chi connectivity index (χ0) is 9.84. The zero-order valence-electron chi connectivity index (χ0n) is 8.49. The highest BCUT2D eigenvalue weighted by Crippen LogP contribution is 2.18. The van der Waals surface area contributed by atoms with Gasteiger partial charge >= 0.3 is 5.97 Å². The summed E-state index contributed by atoms with van der Waals surface area (Å²) in [7, 11) is 0. The molecule has 3 heteroatoms. The highest BCUT2D eigenvalue weighted by Gasteiger charge is 2.22. The second kappa shape index (κ2) is 4.61. The van der Waals surface area contributed by atoms with Crippen molar-refractivity contribution in [3.05, 3.63) is 0 Å². The van der Waals surface area contributed by atoms with Crippen molar-refractivity contribution in [3.8, 4) is 0 Å². The molecule has 1 saturated heterocycles. The number of carboxylic acid groups (broad SMARTS) is 1. The van der Waals surface area contributed by atoms with Crippen LogP contribution in [0.4, 0.5) is 0 Å². The SMILES string of the molecule is C[C@H]1CCCN([C@H](C)CC(=O)O)C1. The molecule has 0 aromatic carbocycles. The van der Waals surface area contributed by atoms with E-state index in [1.165, 1.54) is 12.8 Å². The topological polar surface area (TPSA) is 40.5 Å². The predicted molar refractivity (Wildman–Crippen MR) is 51.7 cm³/mol. The molecule has 1 aliphatic heterocycles. The number of piperidine rings is 1. The van der Waals surface area contributed by atoms with Crippen LogP contribution in [0, 0.1) is 5.92 Å². The molecule has 1 aliphatic rings. The lowest BCUT2D eigenvalue weighted by Gasteiger charge is -2.34. The van der Waals surface area contributed by atoms with Crippen molar-refractivity contribution in [2.24, 2.45) is 5.92 Å². The molecule has 0 amide bonds. The molecule has 0 bridgehead atoms. The van der Waals surface area contributed by atoms with E-state index in [1.807, 2.05) is 6.92 Å². The number of carboxylic acids is 1. The minimum Gasteiger partial charge on any atom is -0.481 e. The van der Waals surface area contributed by atoms with E-state index in [-0.39, 0.29) is 12.5 Å². The van der Waals surface area contributed by atoms with Crippen molar-refractivity contribution in [2.75, 3.05) is 13.1 Å². The van der Waals surface area contributed by atoms with E-state index in [9.17, 15) is 4.79 Å². The van der Waals surface area contributed by atoms with Gasteiger partial charge in [0.25, 0.3) is 0 Å². The van der Waals surface area contributed by atoms with Crippen LogP contribution in [-0.2, 0) is 4.79 Å². The molecule has 0 spiro atoms. The fraction of sp³-hybridized carbons (Fsp3) is 0.900. The Balaban J connectivity index is 2.36. The number of likely N-dealkylation sites (tertiary alicyclic amines) is 1. The molecule has 0 aromatic rings. The Morgan fingerprint density at radius 1 is 1.69 bits per heavy atom. The average Bonchev–Trinajstić information content (AvgIpc) is 2.03. The second-order valence-electron chi connectivity index (χ2n) is 4.19. The van der Waals surface area contributed by atoms with Crippen molar-refractivity contribution in [2.45, 2.75) is 39.2 Å². The maximum atomic E-state index is 10.5. The first-order valence-electron chi connectivity index (χ1n) is 5.05. The van der Waals surface area contributed by atoms with E-state index >= 15 is 0 Å². The number of hydrogen-bond acceptors (Lipinski definition) is 2. The molecule has 1 fully saturated rings. The first kappa shape index (κ1) is 10.5. The monoisotopic (exact) mass is 185 g/mol. The van der Waals surface area contributed by atoms with Gasteiger partial charge in [-0.15, -0.1) is 0 Å². The fourth-order valence-corrected chi connectivity index (χ4v) is 2.01. The van der Waals surface area contributed by atoms with Gasteiger partial charge in [0.1, 0.15) is 0 Å². The van der Waals surface area contributed by atoms with Crippen LogP contribution in [0.15, 0.2) is 0 Å². The molecule has 76 valence electrons. The summed E-state index contributed by atoms with van der Waals surface area (Å²) >= 11 is 0. The zero-order valence-corrected chi connectivity index (χ0v) is 8.49. The van der Waals surface area contributed by atoms with Crippen LogP contribution in [0.1, 0.15) is 33.1 Å². The summed E-state index contributed by atoms with van der Waals surface area (Å²) in [6.45, 7) is 6.37. The lowest BCUT2D eigenvalue weighted by atomic mass is 9.98. The minimum absolute atomic E-state index is 0.195.